The number of urea groups is 1. The molecule has 34 heavy (non-hydrogen) atoms. The highest BCUT2D eigenvalue weighted by Gasteiger charge is 2.34. The molecule has 0 spiro atoms. The predicted octanol–water partition coefficient (Wildman–Crippen LogP) is 4.82. The van der Waals surface area contributed by atoms with Crippen LogP contribution in [0.5, 0.6) is 0 Å². The van der Waals surface area contributed by atoms with Crippen molar-refractivity contribution in [2.75, 3.05) is 24.7 Å². The van der Waals surface area contributed by atoms with Crippen molar-refractivity contribution >= 4 is 40.7 Å². The second-order valence-electron chi connectivity index (χ2n) is 8.36. The summed E-state index contributed by atoms with van der Waals surface area (Å²) in [6.45, 7) is 0.326. The van der Waals surface area contributed by atoms with Crippen LogP contribution in [-0.2, 0) is 17.8 Å². The minimum atomic E-state index is -0.679. The summed E-state index contributed by atoms with van der Waals surface area (Å²) in [5, 5.41) is 14.5. The second kappa shape index (κ2) is 9.97. The maximum atomic E-state index is 13.3. The Hall–Kier alpha value is -3.84. The average Bonchev–Trinajstić information content (AvgIpc) is 2.84. The van der Waals surface area contributed by atoms with E-state index in [4.69, 9.17) is 17.0 Å². The Kier molecular flexibility index (Phi) is 6.84. The SMILES string of the molecule is CN(C)C(=N)c1ccc(NC(=O)C2Cc3ccccc3CN2C(=O)Nc2ccc(Cl)cc2)cc1. The largest absolute Gasteiger partial charge is 0.363 e. The molecule has 0 saturated heterocycles. The summed E-state index contributed by atoms with van der Waals surface area (Å²) in [6.07, 6.45) is 0.416. The van der Waals surface area contributed by atoms with Crippen LogP contribution in [0.2, 0.25) is 5.02 Å². The molecule has 0 aromatic heterocycles. The van der Waals surface area contributed by atoms with Gasteiger partial charge in [-0.25, -0.2) is 4.79 Å². The maximum Gasteiger partial charge on any atom is 0.322 e. The van der Waals surface area contributed by atoms with E-state index >= 15 is 0 Å². The highest BCUT2D eigenvalue weighted by molar-refractivity contribution is 6.30. The Morgan fingerprint density at radius 1 is 0.912 bits per heavy atom. The second-order valence-corrected chi connectivity index (χ2v) is 8.80. The summed E-state index contributed by atoms with van der Waals surface area (Å²) in [5.41, 5.74) is 4.03. The van der Waals surface area contributed by atoms with Crippen molar-refractivity contribution in [3.05, 3.63) is 94.5 Å². The Morgan fingerprint density at radius 2 is 1.50 bits per heavy atom. The van der Waals surface area contributed by atoms with E-state index in [2.05, 4.69) is 10.6 Å². The lowest BCUT2D eigenvalue weighted by Crippen LogP contribution is -2.52. The number of nitrogens with one attached hydrogen (secondary N) is 3. The summed E-state index contributed by atoms with van der Waals surface area (Å²) in [6, 6.07) is 20.8. The first-order chi connectivity index (χ1) is 16.3. The molecule has 3 aromatic carbocycles. The van der Waals surface area contributed by atoms with Crippen LogP contribution < -0.4 is 10.6 Å². The summed E-state index contributed by atoms with van der Waals surface area (Å²) in [4.78, 5) is 29.8. The van der Waals surface area contributed by atoms with Crippen LogP contribution in [0.1, 0.15) is 16.7 Å². The van der Waals surface area contributed by atoms with Crippen molar-refractivity contribution < 1.29 is 9.59 Å². The first kappa shape index (κ1) is 23.3. The lowest BCUT2D eigenvalue weighted by molar-refractivity contribution is -0.120. The van der Waals surface area contributed by atoms with Gasteiger partial charge in [-0.15, -0.1) is 0 Å². The van der Waals surface area contributed by atoms with Crippen LogP contribution in [0, 0.1) is 5.41 Å². The van der Waals surface area contributed by atoms with E-state index in [1.165, 1.54) is 0 Å². The number of hydrogen-bond donors (Lipinski definition) is 3. The molecule has 3 aromatic rings. The van der Waals surface area contributed by atoms with Crippen LogP contribution in [0.3, 0.4) is 0 Å². The van der Waals surface area contributed by atoms with Crippen LogP contribution in [0.4, 0.5) is 16.2 Å². The van der Waals surface area contributed by atoms with E-state index in [0.29, 0.717) is 35.2 Å². The lowest BCUT2D eigenvalue weighted by atomic mass is 9.93. The van der Waals surface area contributed by atoms with E-state index in [0.717, 1.165) is 16.7 Å². The smallest absolute Gasteiger partial charge is 0.322 e. The molecule has 8 heteroatoms. The number of benzene rings is 3. The molecule has 7 nitrogen and oxygen atoms in total. The fourth-order valence-electron chi connectivity index (χ4n) is 3.89. The van der Waals surface area contributed by atoms with Crippen molar-refractivity contribution in [2.24, 2.45) is 0 Å². The lowest BCUT2D eigenvalue weighted by Gasteiger charge is -2.36. The Balaban J connectivity index is 1.54. The molecule has 0 bridgehead atoms. The standard InChI is InChI=1S/C26H26ClN5O2/c1-31(2)24(28)17-7-11-21(12-8-17)29-25(33)23-15-18-5-3-4-6-19(18)16-32(23)26(34)30-22-13-9-20(27)10-14-22/h3-14,23,28H,15-16H2,1-2H3,(H,29,33)(H,30,34). The fourth-order valence-corrected chi connectivity index (χ4v) is 4.02. The monoisotopic (exact) mass is 475 g/mol. The molecule has 1 heterocycles. The van der Waals surface area contributed by atoms with Gasteiger partial charge in [0.1, 0.15) is 11.9 Å². The Bertz CT molecular complexity index is 1210. The molecular weight excluding hydrogens is 450 g/mol. The molecule has 4 rings (SSSR count). The summed E-state index contributed by atoms with van der Waals surface area (Å²) in [5.74, 6) is 0.114. The van der Waals surface area contributed by atoms with Gasteiger partial charge in [0.15, 0.2) is 0 Å². The zero-order chi connectivity index (χ0) is 24.2. The van der Waals surface area contributed by atoms with Gasteiger partial charge >= 0.3 is 6.03 Å². The highest BCUT2D eigenvalue weighted by atomic mass is 35.5. The molecule has 1 aliphatic heterocycles. The quantitative estimate of drug-likeness (QED) is 0.373. The molecule has 3 N–H and O–H groups in total. The van der Waals surface area contributed by atoms with Crippen molar-refractivity contribution in [1.29, 1.82) is 5.41 Å². The van der Waals surface area contributed by atoms with Crippen molar-refractivity contribution in [3.63, 3.8) is 0 Å². The summed E-state index contributed by atoms with van der Waals surface area (Å²) < 4.78 is 0. The van der Waals surface area contributed by atoms with Crippen LogP contribution in [0.25, 0.3) is 0 Å². The highest BCUT2D eigenvalue weighted by Crippen LogP contribution is 2.26. The minimum absolute atomic E-state index is 0.267. The average molecular weight is 476 g/mol. The van der Waals surface area contributed by atoms with Gasteiger partial charge < -0.3 is 20.4 Å². The zero-order valence-electron chi connectivity index (χ0n) is 19.0. The molecule has 1 atom stereocenters. The number of rotatable bonds is 4. The molecule has 174 valence electrons. The number of halogens is 1. The summed E-state index contributed by atoms with van der Waals surface area (Å²) in [7, 11) is 3.62. The number of anilines is 2. The van der Waals surface area contributed by atoms with Crippen molar-refractivity contribution in [3.8, 4) is 0 Å². The Labute approximate surface area is 203 Å². The van der Waals surface area contributed by atoms with E-state index < -0.39 is 6.04 Å². The van der Waals surface area contributed by atoms with Gasteiger partial charge in [0.25, 0.3) is 0 Å². The number of amidine groups is 1. The van der Waals surface area contributed by atoms with Gasteiger partial charge in [-0.3, -0.25) is 10.2 Å². The number of hydrogen-bond acceptors (Lipinski definition) is 3. The van der Waals surface area contributed by atoms with E-state index in [9.17, 15) is 9.59 Å². The van der Waals surface area contributed by atoms with Gasteiger partial charge in [-0.05, 0) is 59.7 Å². The number of amides is 3. The van der Waals surface area contributed by atoms with Gasteiger partial charge in [0.2, 0.25) is 5.91 Å². The van der Waals surface area contributed by atoms with Crippen LogP contribution in [0.15, 0.2) is 72.8 Å². The third-order valence-electron chi connectivity index (χ3n) is 5.78. The molecular formula is C26H26ClN5O2. The van der Waals surface area contributed by atoms with E-state index in [1.54, 1.807) is 58.3 Å². The first-order valence-corrected chi connectivity index (χ1v) is 11.3. The van der Waals surface area contributed by atoms with E-state index in [-0.39, 0.29) is 11.9 Å². The first-order valence-electron chi connectivity index (χ1n) is 10.9. The number of carbonyl (C=O) groups excluding carboxylic acids is 2. The fraction of sp³-hybridized carbons (Fsp3) is 0.192. The third-order valence-corrected chi connectivity index (χ3v) is 6.03. The van der Waals surface area contributed by atoms with Gasteiger partial charge in [-0.2, -0.15) is 0 Å². The molecule has 0 aliphatic carbocycles. The third kappa shape index (κ3) is 5.21. The molecule has 0 fully saturated rings. The normalized spacial score (nSPS) is 14.7. The topological polar surface area (TPSA) is 88.5 Å². The number of carbonyl (C=O) groups is 2. The van der Waals surface area contributed by atoms with Gasteiger partial charge in [-0.1, -0.05) is 35.9 Å². The van der Waals surface area contributed by atoms with Crippen molar-refractivity contribution in [1.82, 2.24) is 9.80 Å². The van der Waals surface area contributed by atoms with Crippen LogP contribution in [-0.4, -0.2) is 47.7 Å². The molecule has 1 unspecified atom stereocenters. The molecule has 0 saturated carbocycles. The molecule has 1 aliphatic rings. The number of fused-ring (bicyclic) bond motifs is 1. The maximum absolute atomic E-state index is 13.3. The predicted molar refractivity (Wildman–Crippen MR) is 136 cm³/mol. The molecule has 0 radical (unpaired) electrons. The van der Waals surface area contributed by atoms with Gasteiger partial charge in [0.05, 0.1) is 0 Å². The zero-order valence-corrected chi connectivity index (χ0v) is 19.8. The van der Waals surface area contributed by atoms with Crippen molar-refractivity contribution in [2.45, 2.75) is 19.0 Å². The van der Waals surface area contributed by atoms with Crippen LogP contribution >= 0.6 is 11.6 Å². The van der Waals surface area contributed by atoms with Gasteiger partial charge in [0, 0.05) is 49.0 Å². The Morgan fingerprint density at radius 3 is 2.15 bits per heavy atom. The minimum Gasteiger partial charge on any atom is -0.363 e. The summed E-state index contributed by atoms with van der Waals surface area (Å²) >= 11 is 5.95. The molecule has 3 amide bonds. The van der Waals surface area contributed by atoms with E-state index in [1.807, 2.05) is 38.4 Å². The number of nitrogens with zero attached hydrogens (tertiary/aromatic N) is 2.